The molecule has 156 valence electrons. The number of carbonyl (C=O) groups excluding carboxylic acids is 2. The van der Waals surface area contributed by atoms with Gasteiger partial charge in [-0.2, -0.15) is 13.2 Å². The van der Waals surface area contributed by atoms with Crippen LogP contribution in [0.15, 0.2) is 24.3 Å². The number of amides is 2. The Balaban J connectivity index is 1.85. The molecule has 0 saturated carbocycles. The molecule has 0 aliphatic carbocycles. The van der Waals surface area contributed by atoms with E-state index >= 15 is 0 Å². The second-order valence-electron chi connectivity index (χ2n) is 6.68. The van der Waals surface area contributed by atoms with Crippen molar-refractivity contribution in [2.75, 3.05) is 45.9 Å². The van der Waals surface area contributed by atoms with Gasteiger partial charge in [0.05, 0.1) is 13.2 Å². The molecule has 2 rings (SSSR count). The van der Waals surface area contributed by atoms with Crippen LogP contribution in [0.25, 0.3) is 0 Å². The first-order valence-corrected chi connectivity index (χ1v) is 9.30. The number of halogens is 3. The predicted molar refractivity (Wildman–Crippen MR) is 97.8 cm³/mol. The highest BCUT2D eigenvalue weighted by Gasteiger charge is 2.27. The van der Waals surface area contributed by atoms with Crippen LogP contribution >= 0.6 is 0 Å². The summed E-state index contributed by atoms with van der Waals surface area (Å²) in [5.74, 6) is -0.145. The van der Waals surface area contributed by atoms with Crippen LogP contribution in [-0.2, 0) is 16.1 Å². The van der Waals surface area contributed by atoms with E-state index in [0.29, 0.717) is 43.9 Å². The van der Waals surface area contributed by atoms with Crippen LogP contribution in [0.3, 0.4) is 0 Å². The van der Waals surface area contributed by atoms with Crippen LogP contribution in [0.2, 0.25) is 0 Å². The molecule has 0 aromatic heterocycles. The van der Waals surface area contributed by atoms with Gasteiger partial charge in [-0.15, -0.1) is 0 Å². The van der Waals surface area contributed by atoms with E-state index < -0.39 is 12.8 Å². The number of alkyl halides is 3. The van der Waals surface area contributed by atoms with Gasteiger partial charge in [0, 0.05) is 38.3 Å². The smallest absolute Gasteiger partial charge is 0.367 e. The maximum Gasteiger partial charge on any atom is 0.411 e. The maximum absolute atomic E-state index is 12.7. The molecule has 0 unspecified atom stereocenters. The van der Waals surface area contributed by atoms with Gasteiger partial charge in [0.25, 0.3) is 5.91 Å². The maximum atomic E-state index is 12.7. The predicted octanol–water partition coefficient (Wildman–Crippen LogP) is 2.05. The van der Waals surface area contributed by atoms with Gasteiger partial charge < -0.3 is 15.0 Å². The van der Waals surface area contributed by atoms with E-state index in [1.54, 1.807) is 29.2 Å². The molecule has 2 amide bonds. The molecule has 0 spiro atoms. The fourth-order valence-corrected chi connectivity index (χ4v) is 3.00. The first-order chi connectivity index (χ1) is 13.3. The number of likely N-dealkylation sites (N-methyl/N-ethyl adjacent to an activating group) is 1. The Bertz CT molecular complexity index is 650. The van der Waals surface area contributed by atoms with Crippen molar-refractivity contribution in [1.82, 2.24) is 15.1 Å². The van der Waals surface area contributed by atoms with Gasteiger partial charge in [0.2, 0.25) is 5.91 Å². The number of carbonyl (C=O) groups is 2. The van der Waals surface area contributed by atoms with Crippen molar-refractivity contribution in [1.29, 1.82) is 0 Å². The molecule has 1 fully saturated rings. The van der Waals surface area contributed by atoms with Gasteiger partial charge in [0.1, 0.15) is 6.61 Å². The quantitative estimate of drug-likeness (QED) is 0.760. The Morgan fingerprint density at radius 3 is 2.46 bits per heavy atom. The molecule has 1 aliphatic rings. The summed E-state index contributed by atoms with van der Waals surface area (Å²) in [6.07, 6.45) is -3.58. The zero-order chi connectivity index (χ0) is 20.6. The lowest BCUT2D eigenvalue weighted by molar-refractivity contribution is -0.176. The molecule has 6 nitrogen and oxygen atoms in total. The Labute approximate surface area is 162 Å². The molecule has 1 aromatic carbocycles. The Morgan fingerprint density at radius 1 is 1.11 bits per heavy atom. The summed E-state index contributed by atoms with van der Waals surface area (Å²) < 4.78 is 40.9. The van der Waals surface area contributed by atoms with Crippen molar-refractivity contribution in [2.45, 2.75) is 26.1 Å². The van der Waals surface area contributed by atoms with Crippen LogP contribution in [0, 0.1) is 0 Å². The second-order valence-corrected chi connectivity index (χ2v) is 6.68. The van der Waals surface area contributed by atoms with Gasteiger partial charge in [-0.3, -0.25) is 14.5 Å². The van der Waals surface area contributed by atoms with Crippen LogP contribution in [0.1, 0.15) is 29.3 Å². The van der Waals surface area contributed by atoms with Crippen LogP contribution in [0.5, 0.6) is 0 Å². The normalized spacial score (nSPS) is 15.9. The number of hydrogen-bond donors (Lipinski definition) is 1. The first kappa shape index (κ1) is 22.2. The van der Waals surface area contributed by atoms with Crippen LogP contribution in [-0.4, -0.2) is 73.7 Å². The topological polar surface area (TPSA) is 61.9 Å². The van der Waals surface area contributed by atoms with Gasteiger partial charge in [-0.1, -0.05) is 12.1 Å². The number of ether oxygens (including phenoxy) is 1. The molecule has 1 N–H and O–H groups in total. The SMILES string of the molecule is CCNC(=O)CN1CCCN(C(=O)c2ccc(COCC(F)(F)F)cc2)CC1. The van der Waals surface area contributed by atoms with Crippen LogP contribution < -0.4 is 5.32 Å². The lowest BCUT2D eigenvalue weighted by atomic mass is 10.1. The van der Waals surface area contributed by atoms with E-state index in [-0.39, 0.29) is 18.4 Å². The highest BCUT2D eigenvalue weighted by atomic mass is 19.4. The number of rotatable bonds is 7. The van der Waals surface area contributed by atoms with Crippen molar-refractivity contribution >= 4 is 11.8 Å². The second kappa shape index (κ2) is 10.4. The van der Waals surface area contributed by atoms with Crippen LogP contribution in [0.4, 0.5) is 13.2 Å². The van der Waals surface area contributed by atoms with E-state index in [4.69, 9.17) is 0 Å². The average Bonchev–Trinajstić information content (AvgIpc) is 2.86. The molecule has 0 atom stereocenters. The van der Waals surface area contributed by atoms with Gasteiger partial charge in [0.15, 0.2) is 0 Å². The molecule has 1 aromatic rings. The zero-order valence-electron chi connectivity index (χ0n) is 15.9. The van der Waals surface area contributed by atoms with E-state index in [1.165, 1.54) is 0 Å². The molecule has 1 saturated heterocycles. The van der Waals surface area contributed by atoms with Gasteiger partial charge in [-0.25, -0.2) is 0 Å². The molecular formula is C19H26F3N3O3. The van der Waals surface area contributed by atoms with Crippen molar-refractivity contribution in [2.24, 2.45) is 0 Å². The lowest BCUT2D eigenvalue weighted by Gasteiger charge is -2.22. The third kappa shape index (κ3) is 7.47. The molecule has 28 heavy (non-hydrogen) atoms. The minimum Gasteiger partial charge on any atom is -0.367 e. The highest BCUT2D eigenvalue weighted by Crippen LogP contribution is 2.16. The summed E-state index contributed by atoms with van der Waals surface area (Å²) in [5, 5.41) is 2.77. The molecular weight excluding hydrogens is 375 g/mol. The number of hydrogen-bond acceptors (Lipinski definition) is 4. The minimum absolute atomic E-state index is 0.0226. The summed E-state index contributed by atoms with van der Waals surface area (Å²) in [7, 11) is 0. The Morgan fingerprint density at radius 2 is 1.82 bits per heavy atom. The Hall–Kier alpha value is -2.13. The van der Waals surface area contributed by atoms with Crippen molar-refractivity contribution < 1.29 is 27.5 Å². The first-order valence-electron chi connectivity index (χ1n) is 9.30. The molecule has 1 aliphatic heterocycles. The summed E-state index contributed by atoms with van der Waals surface area (Å²) in [4.78, 5) is 28.2. The standard InChI is InChI=1S/C19H26F3N3O3/c1-2-23-17(26)12-24-8-3-9-25(11-10-24)18(27)16-6-4-15(5-7-16)13-28-14-19(20,21)22/h4-7H,2-3,8-14H2,1H3,(H,23,26). The monoisotopic (exact) mass is 401 g/mol. The molecule has 1 heterocycles. The third-order valence-electron chi connectivity index (χ3n) is 4.35. The fourth-order valence-electron chi connectivity index (χ4n) is 3.00. The summed E-state index contributed by atoms with van der Waals surface area (Å²) in [5.41, 5.74) is 1.06. The van der Waals surface area contributed by atoms with E-state index in [1.807, 2.05) is 11.8 Å². The average molecular weight is 401 g/mol. The molecule has 0 bridgehead atoms. The minimum atomic E-state index is -4.35. The number of nitrogens with one attached hydrogen (secondary N) is 1. The lowest BCUT2D eigenvalue weighted by Crippen LogP contribution is -2.40. The largest absolute Gasteiger partial charge is 0.411 e. The van der Waals surface area contributed by atoms with Gasteiger partial charge >= 0.3 is 6.18 Å². The van der Waals surface area contributed by atoms with E-state index in [2.05, 4.69) is 10.1 Å². The number of benzene rings is 1. The number of nitrogens with zero attached hydrogens (tertiary/aromatic N) is 2. The van der Waals surface area contributed by atoms with Gasteiger partial charge in [-0.05, 0) is 31.0 Å². The fraction of sp³-hybridized carbons (Fsp3) is 0.579. The van der Waals surface area contributed by atoms with Crippen molar-refractivity contribution in [3.8, 4) is 0 Å². The Kier molecular flexibility index (Phi) is 8.25. The zero-order valence-corrected chi connectivity index (χ0v) is 15.9. The summed E-state index contributed by atoms with van der Waals surface area (Å²) in [6, 6.07) is 6.41. The third-order valence-corrected chi connectivity index (χ3v) is 4.35. The van der Waals surface area contributed by atoms with Crippen molar-refractivity contribution in [3.05, 3.63) is 35.4 Å². The molecule has 0 radical (unpaired) electrons. The molecule has 9 heteroatoms. The van der Waals surface area contributed by atoms with Crippen molar-refractivity contribution in [3.63, 3.8) is 0 Å². The van der Waals surface area contributed by atoms with E-state index in [9.17, 15) is 22.8 Å². The van der Waals surface area contributed by atoms with E-state index in [0.717, 1.165) is 13.0 Å². The summed E-state index contributed by atoms with van der Waals surface area (Å²) >= 11 is 0. The summed E-state index contributed by atoms with van der Waals surface area (Å²) in [6.45, 7) is 3.81. The highest BCUT2D eigenvalue weighted by molar-refractivity contribution is 5.94.